The number of benzene rings is 1. The van der Waals surface area contributed by atoms with Gasteiger partial charge in [-0.2, -0.15) is 0 Å². The number of carbonyl (C=O) groups is 3. The smallest absolute Gasteiger partial charge is 0.339 e. The van der Waals surface area contributed by atoms with Crippen LogP contribution < -0.4 is 5.32 Å². The highest BCUT2D eigenvalue weighted by Crippen LogP contribution is 2.59. The number of hydrogen-bond donors (Lipinski definition) is 2. The fourth-order valence-electron chi connectivity index (χ4n) is 8.20. The number of esters is 1. The summed E-state index contributed by atoms with van der Waals surface area (Å²) in [5, 5.41) is 11.9. The van der Waals surface area contributed by atoms with Crippen molar-refractivity contribution in [2.45, 2.75) is 107 Å². The van der Waals surface area contributed by atoms with Crippen molar-refractivity contribution in [1.29, 1.82) is 0 Å². The average Bonchev–Trinajstić information content (AvgIpc) is 3.99. The lowest BCUT2D eigenvalue weighted by molar-refractivity contribution is -0.209. The molecule has 3 saturated heterocycles. The minimum Gasteiger partial charge on any atom is -0.456 e. The molecule has 1 aromatic carbocycles. The number of nitrogens with one attached hydrogen (secondary N) is 1. The highest BCUT2D eigenvalue weighted by Gasteiger charge is 2.64. The van der Waals surface area contributed by atoms with Gasteiger partial charge in [0.05, 0.1) is 24.4 Å². The number of aliphatic hydroxyl groups is 1. The molecular formula is C36H44N2O8. The highest BCUT2D eigenvalue weighted by molar-refractivity contribution is 5.98. The van der Waals surface area contributed by atoms with Crippen LogP contribution >= 0.6 is 0 Å². The van der Waals surface area contributed by atoms with E-state index in [0.29, 0.717) is 60.5 Å². The molecule has 2 N–H and O–H groups in total. The molecule has 3 saturated carbocycles. The molecule has 8 rings (SSSR count). The van der Waals surface area contributed by atoms with E-state index in [0.717, 1.165) is 50.5 Å². The Hall–Kier alpha value is -3.05. The molecule has 6 fully saturated rings. The number of fused-ring (bicyclic) bond motifs is 2. The molecule has 3 unspecified atom stereocenters. The second-order valence-corrected chi connectivity index (χ2v) is 14.2. The maximum atomic E-state index is 14.0. The topological polar surface area (TPSA) is 127 Å². The zero-order valence-corrected chi connectivity index (χ0v) is 26.2. The standard InChI is InChI=1S/C36H44N2O8/c39-17-15-37-33(40)27-6-3-16-38(27)34(41)23-19-30(32-31(20-23)45-36(46-32,24-10-11-24)25-12-13-25)44-35(42)26-5-2-1-4-22(26)9-7-21-8-14-28-29(18-21)43-28/h1-2,4-5,7,9,20-21,24-25,27-32,39H,3,6,8,10-19H2,(H,37,40)/t21?,27-,28?,29?,30-,31-,32+/m1/s1. The predicted octanol–water partition coefficient (Wildman–Crippen LogP) is 3.52. The molecule has 0 radical (unpaired) electrons. The molecule has 2 amide bonds. The van der Waals surface area contributed by atoms with Gasteiger partial charge in [0.15, 0.2) is 5.79 Å². The summed E-state index contributed by atoms with van der Waals surface area (Å²) in [5.74, 6) is -0.593. The number of amides is 2. The molecule has 0 aromatic heterocycles. The molecule has 10 heteroatoms. The zero-order valence-electron chi connectivity index (χ0n) is 26.2. The van der Waals surface area contributed by atoms with Gasteiger partial charge in [0.1, 0.15) is 24.4 Å². The number of likely N-dealkylation sites (tertiary alicyclic amines) is 1. The highest BCUT2D eigenvalue weighted by atomic mass is 16.8. The monoisotopic (exact) mass is 632 g/mol. The minimum absolute atomic E-state index is 0.143. The van der Waals surface area contributed by atoms with Crippen LogP contribution in [0.15, 0.2) is 42.0 Å². The summed E-state index contributed by atoms with van der Waals surface area (Å²) >= 11 is 0. The van der Waals surface area contributed by atoms with Gasteiger partial charge in [0.2, 0.25) is 11.8 Å². The van der Waals surface area contributed by atoms with E-state index >= 15 is 0 Å². The first-order chi connectivity index (χ1) is 22.4. The number of ether oxygens (including phenoxy) is 4. The van der Waals surface area contributed by atoms with Crippen molar-refractivity contribution >= 4 is 23.9 Å². The Kier molecular flexibility index (Phi) is 8.03. The van der Waals surface area contributed by atoms with Gasteiger partial charge in [0, 0.05) is 36.9 Å². The number of carbonyl (C=O) groups excluding carboxylic acids is 3. The van der Waals surface area contributed by atoms with Crippen LogP contribution in [-0.2, 0) is 28.5 Å². The lowest BCUT2D eigenvalue weighted by Gasteiger charge is -2.33. The van der Waals surface area contributed by atoms with Crippen LogP contribution in [0.4, 0.5) is 0 Å². The predicted molar refractivity (Wildman–Crippen MR) is 166 cm³/mol. The Bertz CT molecular complexity index is 1420. The summed E-state index contributed by atoms with van der Waals surface area (Å²) in [4.78, 5) is 42.4. The van der Waals surface area contributed by atoms with Crippen molar-refractivity contribution in [1.82, 2.24) is 10.2 Å². The van der Waals surface area contributed by atoms with Gasteiger partial charge in [-0.15, -0.1) is 0 Å². The molecule has 0 spiro atoms. The quantitative estimate of drug-likeness (QED) is 0.297. The van der Waals surface area contributed by atoms with Crippen LogP contribution in [0.2, 0.25) is 0 Å². The fraction of sp³-hybridized carbons (Fsp3) is 0.639. The Labute approximate surface area is 269 Å². The largest absolute Gasteiger partial charge is 0.456 e. The summed E-state index contributed by atoms with van der Waals surface area (Å²) in [6, 6.07) is 6.88. The number of allylic oxidation sites excluding steroid dienone is 1. The van der Waals surface area contributed by atoms with E-state index in [2.05, 4.69) is 11.4 Å². The first-order valence-electron chi connectivity index (χ1n) is 17.3. The SMILES string of the molecule is O=C(O[C@@H]1CC(C(=O)N2CCC[C@@H]2C(=O)NCCO)=C[C@H]2OC(C3CC3)(C3CC3)O[C@H]21)c1ccccc1C=CC1CCC2OC2C1. The Morgan fingerprint density at radius 1 is 1.02 bits per heavy atom. The third-order valence-corrected chi connectivity index (χ3v) is 10.9. The molecule has 7 atom stereocenters. The van der Waals surface area contributed by atoms with Gasteiger partial charge in [-0.25, -0.2) is 4.79 Å². The van der Waals surface area contributed by atoms with E-state index in [1.165, 1.54) is 0 Å². The van der Waals surface area contributed by atoms with Gasteiger partial charge in [-0.3, -0.25) is 9.59 Å². The first-order valence-corrected chi connectivity index (χ1v) is 17.3. The zero-order chi connectivity index (χ0) is 31.4. The summed E-state index contributed by atoms with van der Waals surface area (Å²) < 4.78 is 25.5. The lowest BCUT2D eigenvalue weighted by Crippen LogP contribution is -2.49. The summed E-state index contributed by atoms with van der Waals surface area (Å²) in [6.07, 6.45) is 14.0. The number of nitrogens with zero attached hydrogens (tertiary/aromatic N) is 1. The molecular weight excluding hydrogens is 588 g/mol. The third-order valence-electron chi connectivity index (χ3n) is 10.9. The van der Waals surface area contributed by atoms with E-state index in [1.54, 1.807) is 11.0 Å². The summed E-state index contributed by atoms with van der Waals surface area (Å²) in [6.45, 7) is 0.444. The van der Waals surface area contributed by atoms with Crippen LogP contribution in [0.3, 0.4) is 0 Å². The van der Waals surface area contributed by atoms with Gasteiger partial charge in [-0.05, 0) is 81.4 Å². The van der Waals surface area contributed by atoms with E-state index in [-0.39, 0.29) is 31.4 Å². The van der Waals surface area contributed by atoms with Gasteiger partial charge in [-0.1, -0.05) is 30.4 Å². The fourth-order valence-corrected chi connectivity index (χ4v) is 8.20. The summed E-state index contributed by atoms with van der Waals surface area (Å²) in [7, 11) is 0. The first kappa shape index (κ1) is 30.3. The Morgan fingerprint density at radius 2 is 1.83 bits per heavy atom. The number of aliphatic hydroxyl groups excluding tert-OH is 1. The maximum absolute atomic E-state index is 14.0. The van der Waals surface area contributed by atoms with Crippen LogP contribution in [0, 0.1) is 17.8 Å². The van der Waals surface area contributed by atoms with Crippen LogP contribution in [-0.4, -0.2) is 89.8 Å². The normalized spacial score (nSPS) is 34.5. The molecule has 3 heterocycles. The molecule has 7 aliphatic rings. The number of rotatable bonds is 10. The average molecular weight is 633 g/mol. The lowest BCUT2D eigenvalue weighted by atomic mass is 9.88. The van der Waals surface area contributed by atoms with Crippen LogP contribution in [0.1, 0.15) is 80.1 Å². The molecule has 0 bridgehead atoms. The number of hydrogen-bond acceptors (Lipinski definition) is 8. The Balaban J connectivity index is 1.03. The molecule has 1 aromatic rings. The van der Waals surface area contributed by atoms with Crippen molar-refractivity contribution in [3.05, 3.63) is 53.1 Å². The van der Waals surface area contributed by atoms with E-state index in [1.807, 2.05) is 30.4 Å². The van der Waals surface area contributed by atoms with Crippen molar-refractivity contribution < 1.29 is 38.4 Å². The molecule has 4 aliphatic carbocycles. The van der Waals surface area contributed by atoms with Crippen molar-refractivity contribution in [3.63, 3.8) is 0 Å². The van der Waals surface area contributed by atoms with Crippen LogP contribution in [0.5, 0.6) is 0 Å². The van der Waals surface area contributed by atoms with Crippen molar-refractivity contribution in [2.24, 2.45) is 17.8 Å². The van der Waals surface area contributed by atoms with Crippen LogP contribution in [0.25, 0.3) is 6.08 Å². The van der Waals surface area contributed by atoms with E-state index in [9.17, 15) is 19.5 Å². The van der Waals surface area contributed by atoms with Crippen molar-refractivity contribution in [2.75, 3.05) is 19.7 Å². The second-order valence-electron chi connectivity index (χ2n) is 14.2. The van der Waals surface area contributed by atoms with Gasteiger partial charge in [0.25, 0.3) is 0 Å². The number of epoxide rings is 1. The summed E-state index contributed by atoms with van der Waals surface area (Å²) in [5.41, 5.74) is 1.76. The molecule has 46 heavy (non-hydrogen) atoms. The van der Waals surface area contributed by atoms with Gasteiger partial charge >= 0.3 is 5.97 Å². The Morgan fingerprint density at radius 3 is 2.59 bits per heavy atom. The van der Waals surface area contributed by atoms with E-state index in [4.69, 9.17) is 18.9 Å². The molecule has 10 nitrogen and oxygen atoms in total. The maximum Gasteiger partial charge on any atom is 0.339 e. The van der Waals surface area contributed by atoms with Gasteiger partial charge < -0.3 is 34.3 Å². The van der Waals surface area contributed by atoms with E-state index < -0.39 is 36.1 Å². The van der Waals surface area contributed by atoms with Crippen molar-refractivity contribution in [3.8, 4) is 0 Å². The minimum atomic E-state index is -0.718. The molecule has 246 valence electrons. The second kappa shape index (κ2) is 12.2. The third kappa shape index (κ3) is 5.82. The molecule has 3 aliphatic heterocycles.